The van der Waals surface area contributed by atoms with Crippen LogP contribution in [0.2, 0.25) is 0 Å². The number of likely N-dealkylation sites (N-methyl/N-ethyl adjacent to an activating group) is 1. The van der Waals surface area contributed by atoms with Gasteiger partial charge in [-0.25, -0.2) is 0 Å². The molecule has 20 heavy (non-hydrogen) atoms. The van der Waals surface area contributed by atoms with Crippen molar-refractivity contribution in [3.05, 3.63) is 29.3 Å². The van der Waals surface area contributed by atoms with Gasteiger partial charge in [0.25, 0.3) is 0 Å². The number of benzene rings is 1. The second-order valence-corrected chi connectivity index (χ2v) is 5.91. The molecule has 2 N–H and O–H groups in total. The van der Waals surface area contributed by atoms with E-state index in [2.05, 4.69) is 35.0 Å². The van der Waals surface area contributed by atoms with Gasteiger partial charge in [0.2, 0.25) is 0 Å². The van der Waals surface area contributed by atoms with Crippen molar-refractivity contribution in [1.82, 2.24) is 9.80 Å². The normalized spacial score (nSPS) is 19.0. The molecule has 0 aliphatic carbocycles. The number of nitrogens with zero attached hydrogens (tertiary/aromatic N) is 2. The van der Waals surface area contributed by atoms with Gasteiger partial charge in [-0.05, 0) is 32.0 Å². The first-order chi connectivity index (χ1) is 9.58. The molecule has 4 nitrogen and oxygen atoms in total. The highest BCUT2D eigenvalue weighted by Gasteiger charge is 2.16. The summed E-state index contributed by atoms with van der Waals surface area (Å²) in [5.41, 5.74) is 8.47. The summed E-state index contributed by atoms with van der Waals surface area (Å²) in [7, 11) is 3.93. The fourth-order valence-corrected chi connectivity index (χ4v) is 2.70. The molecule has 0 saturated carbocycles. The molecule has 112 valence electrons. The van der Waals surface area contributed by atoms with E-state index in [4.69, 9.17) is 10.5 Å². The van der Waals surface area contributed by atoms with Crippen molar-refractivity contribution in [1.29, 1.82) is 0 Å². The molecule has 1 aliphatic rings. The van der Waals surface area contributed by atoms with Crippen LogP contribution >= 0.6 is 0 Å². The number of nitrogens with two attached hydrogens (primary N) is 1. The van der Waals surface area contributed by atoms with Gasteiger partial charge in [0.1, 0.15) is 5.75 Å². The predicted molar refractivity (Wildman–Crippen MR) is 83.1 cm³/mol. The minimum absolute atomic E-state index is 0.194. The number of hydrogen-bond donors (Lipinski definition) is 1. The van der Waals surface area contributed by atoms with Gasteiger partial charge in [0.15, 0.2) is 0 Å². The number of methoxy groups -OCH3 is 1. The maximum absolute atomic E-state index is 5.90. The average Bonchev–Trinajstić information content (AvgIpc) is 2.41. The quantitative estimate of drug-likeness (QED) is 0.882. The number of ether oxygens (including phenoxy) is 1. The zero-order valence-corrected chi connectivity index (χ0v) is 12.9. The highest BCUT2D eigenvalue weighted by Crippen LogP contribution is 2.22. The zero-order valence-electron chi connectivity index (χ0n) is 12.9. The maximum atomic E-state index is 5.90. The van der Waals surface area contributed by atoms with Gasteiger partial charge < -0.3 is 15.4 Å². The molecular formula is C16H27N3O. The van der Waals surface area contributed by atoms with Gasteiger partial charge in [0.05, 0.1) is 7.11 Å². The van der Waals surface area contributed by atoms with Crippen molar-refractivity contribution in [3.8, 4) is 5.75 Å². The molecule has 0 bridgehead atoms. The van der Waals surface area contributed by atoms with Crippen molar-refractivity contribution in [3.63, 3.8) is 0 Å². The molecular weight excluding hydrogens is 250 g/mol. The fourth-order valence-electron chi connectivity index (χ4n) is 2.70. The summed E-state index contributed by atoms with van der Waals surface area (Å²) in [4.78, 5) is 4.87. The van der Waals surface area contributed by atoms with Crippen LogP contribution in [0.4, 0.5) is 0 Å². The minimum atomic E-state index is 0.194. The van der Waals surface area contributed by atoms with Gasteiger partial charge in [0, 0.05) is 44.3 Å². The summed E-state index contributed by atoms with van der Waals surface area (Å²) < 4.78 is 5.50. The van der Waals surface area contributed by atoms with Crippen molar-refractivity contribution in [2.24, 2.45) is 5.73 Å². The van der Waals surface area contributed by atoms with Crippen LogP contribution in [0.3, 0.4) is 0 Å². The molecule has 1 saturated heterocycles. The average molecular weight is 277 g/mol. The van der Waals surface area contributed by atoms with Gasteiger partial charge in [-0.2, -0.15) is 0 Å². The highest BCUT2D eigenvalue weighted by molar-refractivity contribution is 5.37. The van der Waals surface area contributed by atoms with E-state index in [1.807, 2.05) is 6.92 Å². The Morgan fingerprint density at radius 3 is 2.55 bits per heavy atom. The SMILES string of the molecule is COc1ccc(CC(C)N)cc1CN1CCN(C)CC1. The first-order valence-corrected chi connectivity index (χ1v) is 7.40. The molecule has 2 rings (SSSR count). The van der Waals surface area contributed by atoms with Crippen molar-refractivity contribution in [2.75, 3.05) is 40.3 Å². The van der Waals surface area contributed by atoms with Crippen LogP contribution in [0, 0.1) is 0 Å². The van der Waals surface area contributed by atoms with Crippen molar-refractivity contribution >= 4 is 0 Å². The Morgan fingerprint density at radius 2 is 1.95 bits per heavy atom. The lowest BCUT2D eigenvalue weighted by atomic mass is 10.0. The Bertz CT molecular complexity index is 426. The van der Waals surface area contributed by atoms with Gasteiger partial charge >= 0.3 is 0 Å². The molecule has 1 aromatic carbocycles. The van der Waals surface area contributed by atoms with Crippen LogP contribution in [-0.2, 0) is 13.0 Å². The van der Waals surface area contributed by atoms with E-state index in [-0.39, 0.29) is 6.04 Å². The minimum Gasteiger partial charge on any atom is -0.496 e. The van der Waals surface area contributed by atoms with Crippen molar-refractivity contribution in [2.45, 2.75) is 25.9 Å². The lowest BCUT2D eigenvalue weighted by molar-refractivity contribution is 0.147. The molecule has 1 atom stereocenters. The summed E-state index contributed by atoms with van der Waals surface area (Å²) in [5.74, 6) is 0.984. The van der Waals surface area contributed by atoms with Crippen LogP contribution in [0.25, 0.3) is 0 Å². The van der Waals surface area contributed by atoms with Gasteiger partial charge in [-0.1, -0.05) is 12.1 Å². The highest BCUT2D eigenvalue weighted by atomic mass is 16.5. The predicted octanol–water partition coefficient (Wildman–Crippen LogP) is 1.33. The Morgan fingerprint density at radius 1 is 1.25 bits per heavy atom. The first-order valence-electron chi connectivity index (χ1n) is 7.40. The zero-order chi connectivity index (χ0) is 14.5. The third-order valence-corrected chi connectivity index (χ3v) is 3.89. The Hall–Kier alpha value is -1.10. The summed E-state index contributed by atoms with van der Waals surface area (Å²) in [6.07, 6.45) is 0.916. The third-order valence-electron chi connectivity index (χ3n) is 3.89. The van der Waals surface area contributed by atoms with E-state index in [0.29, 0.717) is 0 Å². The van der Waals surface area contributed by atoms with Crippen molar-refractivity contribution < 1.29 is 4.74 Å². The summed E-state index contributed by atoms with van der Waals surface area (Å²) in [6, 6.07) is 6.64. The fraction of sp³-hybridized carbons (Fsp3) is 0.625. The number of rotatable bonds is 5. The molecule has 0 aromatic heterocycles. The van der Waals surface area contributed by atoms with Crippen LogP contribution < -0.4 is 10.5 Å². The largest absolute Gasteiger partial charge is 0.496 e. The topological polar surface area (TPSA) is 41.7 Å². The molecule has 0 amide bonds. The van der Waals surface area contributed by atoms with E-state index in [9.17, 15) is 0 Å². The molecule has 4 heteroatoms. The van der Waals surface area contributed by atoms with Crippen LogP contribution in [0.5, 0.6) is 5.75 Å². The molecule has 0 radical (unpaired) electrons. The molecule has 1 aliphatic heterocycles. The van der Waals surface area contributed by atoms with Crippen LogP contribution in [0.15, 0.2) is 18.2 Å². The number of hydrogen-bond acceptors (Lipinski definition) is 4. The first kappa shape index (κ1) is 15.3. The van der Waals surface area contributed by atoms with E-state index < -0.39 is 0 Å². The molecule has 1 aromatic rings. The van der Waals surface area contributed by atoms with E-state index >= 15 is 0 Å². The summed E-state index contributed by atoms with van der Waals surface area (Å²) >= 11 is 0. The molecule has 1 unspecified atom stereocenters. The standard InChI is InChI=1S/C16H27N3O/c1-13(17)10-14-4-5-16(20-3)15(11-14)12-19-8-6-18(2)7-9-19/h4-5,11,13H,6-10,12,17H2,1-3H3. The summed E-state index contributed by atoms with van der Waals surface area (Å²) in [5, 5.41) is 0. The second-order valence-electron chi connectivity index (χ2n) is 5.91. The van der Waals surface area contributed by atoms with Crippen LogP contribution in [0.1, 0.15) is 18.1 Å². The molecule has 0 spiro atoms. The molecule has 1 fully saturated rings. The monoisotopic (exact) mass is 277 g/mol. The Kier molecular flexibility index (Phi) is 5.40. The van der Waals surface area contributed by atoms with Gasteiger partial charge in [-0.15, -0.1) is 0 Å². The maximum Gasteiger partial charge on any atom is 0.123 e. The Balaban J connectivity index is 2.07. The molecule has 1 heterocycles. The summed E-state index contributed by atoms with van der Waals surface area (Å²) in [6.45, 7) is 7.53. The Labute approximate surface area is 122 Å². The van der Waals surface area contributed by atoms with E-state index in [0.717, 1.165) is 44.9 Å². The van der Waals surface area contributed by atoms with E-state index in [1.54, 1.807) is 7.11 Å². The van der Waals surface area contributed by atoms with Crippen LogP contribution in [-0.4, -0.2) is 56.2 Å². The van der Waals surface area contributed by atoms with E-state index in [1.165, 1.54) is 11.1 Å². The lowest BCUT2D eigenvalue weighted by Crippen LogP contribution is -2.43. The smallest absolute Gasteiger partial charge is 0.123 e. The third kappa shape index (κ3) is 4.20. The lowest BCUT2D eigenvalue weighted by Gasteiger charge is -2.32. The number of piperazine rings is 1. The van der Waals surface area contributed by atoms with Gasteiger partial charge in [-0.3, -0.25) is 4.90 Å². The second kappa shape index (κ2) is 7.07.